The number of alkyl halides is 3. The van der Waals surface area contributed by atoms with Gasteiger partial charge in [0.05, 0.1) is 11.1 Å². The SMILES string of the molecule is CCCC1(CCC)CC(O)=C(CC(C)(C)Cc2cccc(NS(=O)(=O)c3ccc(C(F)(F)F)cn3)c2)C(=O)O1. The molecule has 0 unspecified atom stereocenters. The number of aliphatic hydroxyl groups excluding tert-OH is 1. The van der Waals surface area contributed by atoms with Crippen LogP contribution in [0, 0.1) is 5.41 Å². The van der Waals surface area contributed by atoms with E-state index in [4.69, 9.17) is 4.74 Å². The number of nitrogens with one attached hydrogen (secondary N) is 1. The van der Waals surface area contributed by atoms with Crippen LogP contribution in [-0.4, -0.2) is 30.1 Å². The van der Waals surface area contributed by atoms with Crippen LogP contribution in [0.15, 0.2) is 59.0 Å². The van der Waals surface area contributed by atoms with Crippen molar-refractivity contribution in [3.05, 3.63) is 65.1 Å². The quantitative estimate of drug-likeness (QED) is 0.284. The smallest absolute Gasteiger partial charge is 0.417 e. The Bertz CT molecular complexity index is 1310. The van der Waals surface area contributed by atoms with Crippen LogP contribution < -0.4 is 4.72 Å². The molecule has 2 aromatic rings. The van der Waals surface area contributed by atoms with E-state index >= 15 is 0 Å². The molecule has 0 amide bonds. The van der Waals surface area contributed by atoms with Crippen LogP contribution in [0.1, 0.15) is 77.3 Å². The number of anilines is 1. The summed E-state index contributed by atoms with van der Waals surface area (Å²) in [5, 5.41) is 10.3. The zero-order valence-electron chi connectivity index (χ0n) is 22.6. The molecular weight excluding hydrogens is 533 g/mol. The summed E-state index contributed by atoms with van der Waals surface area (Å²) in [4.78, 5) is 16.4. The highest BCUT2D eigenvalue weighted by Gasteiger charge is 2.42. The lowest BCUT2D eigenvalue weighted by Crippen LogP contribution is -2.41. The van der Waals surface area contributed by atoms with Gasteiger partial charge in [-0.1, -0.05) is 52.7 Å². The first-order valence-corrected chi connectivity index (χ1v) is 14.4. The van der Waals surface area contributed by atoms with Crippen LogP contribution in [0.5, 0.6) is 0 Å². The van der Waals surface area contributed by atoms with Gasteiger partial charge in [-0.2, -0.15) is 21.6 Å². The van der Waals surface area contributed by atoms with Crippen molar-refractivity contribution in [2.45, 2.75) is 89.4 Å². The second-order valence-corrected chi connectivity index (χ2v) is 12.5. The van der Waals surface area contributed by atoms with E-state index in [1.807, 2.05) is 27.7 Å². The minimum absolute atomic E-state index is 0.0618. The molecule has 0 spiro atoms. The molecule has 0 saturated carbocycles. The topological polar surface area (TPSA) is 106 Å². The van der Waals surface area contributed by atoms with Crippen LogP contribution in [0.3, 0.4) is 0 Å². The standard InChI is InChI=1S/C28H35F3N2O5S/c1-5-12-27(13-6-2)17-23(34)22(25(35)38-27)16-26(3,4)15-19-8-7-9-21(14-19)33-39(36,37)24-11-10-20(18-32-24)28(29,30)31/h7-11,14,18,33-34H,5-6,12-13,15-17H2,1-4H3. The largest absolute Gasteiger partial charge is 0.512 e. The average molecular weight is 569 g/mol. The molecule has 0 fully saturated rings. The lowest BCUT2D eigenvalue weighted by molar-refractivity contribution is -0.161. The fourth-order valence-corrected chi connectivity index (χ4v) is 6.05. The molecule has 0 saturated heterocycles. The molecule has 3 rings (SSSR count). The minimum atomic E-state index is -4.63. The number of pyridine rings is 1. The van der Waals surface area contributed by atoms with Crippen LogP contribution in [0.4, 0.5) is 18.9 Å². The summed E-state index contributed by atoms with van der Waals surface area (Å²) in [5.41, 5.74) is -0.983. The molecule has 1 aromatic heterocycles. The first kappa shape index (κ1) is 30.5. The van der Waals surface area contributed by atoms with Gasteiger partial charge in [0.25, 0.3) is 10.0 Å². The number of nitrogens with zero attached hydrogens (tertiary/aromatic N) is 1. The van der Waals surface area contributed by atoms with E-state index < -0.39 is 43.8 Å². The van der Waals surface area contributed by atoms with Gasteiger partial charge in [-0.05, 0) is 60.9 Å². The predicted octanol–water partition coefficient (Wildman–Crippen LogP) is 6.96. The molecule has 1 aliphatic heterocycles. The Kier molecular flexibility index (Phi) is 9.04. The number of hydrogen-bond donors (Lipinski definition) is 2. The number of rotatable bonds is 11. The number of hydrogen-bond acceptors (Lipinski definition) is 6. The van der Waals surface area contributed by atoms with Crippen LogP contribution in [-0.2, 0) is 32.2 Å². The Morgan fingerprint density at radius 1 is 1.08 bits per heavy atom. The lowest BCUT2D eigenvalue weighted by atomic mass is 9.77. The van der Waals surface area contributed by atoms with Gasteiger partial charge in [-0.15, -0.1) is 0 Å². The number of carbonyl (C=O) groups is 1. The van der Waals surface area contributed by atoms with Crippen molar-refractivity contribution in [1.82, 2.24) is 4.98 Å². The number of aromatic nitrogens is 1. The van der Waals surface area contributed by atoms with Crippen molar-refractivity contribution < 1.29 is 36.2 Å². The van der Waals surface area contributed by atoms with E-state index in [-0.39, 0.29) is 23.4 Å². The number of halogens is 3. The van der Waals surface area contributed by atoms with Crippen molar-refractivity contribution in [2.75, 3.05) is 4.72 Å². The molecule has 1 aromatic carbocycles. The normalized spacial score (nSPS) is 16.2. The van der Waals surface area contributed by atoms with Gasteiger partial charge >= 0.3 is 12.1 Å². The maximum Gasteiger partial charge on any atom is 0.417 e. The molecule has 2 N–H and O–H groups in total. The molecule has 39 heavy (non-hydrogen) atoms. The number of carbonyl (C=O) groups excluding carboxylic acids is 1. The van der Waals surface area contributed by atoms with Gasteiger partial charge < -0.3 is 9.84 Å². The number of benzene rings is 1. The van der Waals surface area contributed by atoms with Gasteiger partial charge in [0.2, 0.25) is 0 Å². The van der Waals surface area contributed by atoms with Crippen molar-refractivity contribution in [3.63, 3.8) is 0 Å². The number of aliphatic hydroxyl groups is 1. The highest BCUT2D eigenvalue weighted by molar-refractivity contribution is 7.92. The van der Waals surface area contributed by atoms with E-state index in [0.29, 0.717) is 37.9 Å². The third-order valence-corrected chi connectivity index (χ3v) is 7.96. The van der Waals surface area contributed by atoms with Crippen LogP contribution >= 0.6 is 0 Å². The molecule has 1 aliphatic rings. The Morgan fingerprint density at radius 2 is 1.74 bits per heavy atom. The lowest BCUT2D eigenvalue weighted by Gasteiger charge is -2.38. The molecular formula is C28H35F3N2O5S. The van der Waals surface area contributed by atoms with Gasteiger partial charge in [0.15, 0.2) is 5.03 Å². The van der Waals surface area contributed by atoms with E-state index in [9.17, 15) is 31.5 Å². The van der Waals surface area contributed by atoms with Gasteiger partial charge in [-0.25, -0.2) is 9.78 Å². The number of cyclic esters (lactones) is 1. The third-order valence-electron chi connectivity index (χ3n) is 6.66. The zero-order chi connectivity index (χ0) is 29.1. The molecule has 0 radical (unpaired) electrons. The highest BCUT2D eigenvalue weighted by Crippen LogP contribution is 2.40. The van der Waals surface area contributed by atoms with Crippen molar-refractivity contribution >= 4 is 21.7 Å². The summed E-state index contributed by atoms with van der Waals surface area (Å²) in [6, 6.07) is 8.05. The maximum absolute atomic E-state index is 12.9. The first-order valence-electron chi connectivity index (χ1n) is 12.9. The number of ether oxygens (including phenoxy) is 1. The van der Waals surface area contributed by atoms with E-state index in [1.165, 1.54) is 6.07 Å². The zero-order valence-corrected chi connectivity index (χ0v) is 23.4. The predicted molar refractivity (Wildman–Crippen MR) is 142 cm³/mol. The average Bonchev–Trinajstić information content (AvgIpc) is 2.81. The summed E-state index contributed by atoms with van der Waals surface area (Å²) < 4.78 is 72.0. The third kappa shape index (κ3) is 7.74. The first-order chi connectivity index (χ1) is 18.1. The van der Waals surface area contributed by atoms with Gasteiger partial charge in [0, 0.05) is 18.3 Å². The Labute approximate surface area is 227 Å². The summed E-state index contributed by atoms with van der Waals surface area (Å²) in [7, 11) is -4.22. The van der Waals surface area contributed by atoms with Crippen molar-refractivity contribution in [2.24, 2.45) is 5.41 Å². The fourth-order valence-electron chi connectivity index (χ4n) is 5.07. The van der Waals surface area contributed by atoms with E-state index in [0.717, 1.165) is 24.5 Å². The Morgan fingerprint density at radius 3 is 2.28 bits per heavy atom. The monoisotopic (exact) mass is 568 g/mol. The molecule has 214 valence electrons. The molecule has 11 heteroatoms. The van der Waals surface area contributed by atoms with Crippen LogP contribution in [0.2, 0.25) is 0 Å². The minimum Gasteiger partial charge on any atom is -0.512 e. The molecule has 2 heterocycles. The van der Waals surface area contributed by atoms with Gasteiger partial charge in [-0.3, -0.25) is 4.72 Å². The van der Waals surface area contributed by atoms with Crippen LogP contribution in [0.25, 0.3) is 0 Å². The molecule has 0 aliphatic carbocycles. The van der Waals surface area contributed by atoms with Gasteiger partial charge in [0.1, 0.15) is 11.4 Å². The second-order valence-electron chi connectivity index (χ2n) is 10.9. The molecule has 0 bridgehead atoms. The summed E-state index contributed by atoms with van der Waals surface area (Å²) in [6.45, 7) is 7.89. The Balaban J connectivity index is 1.74. The number of esters is 1. The second kappa shape index (κ2) is 11.6. The van der Waals surface area contributed by atoms with Crippen molar-refractivity contribution in [1.29, 1.82) is 0 Å². The maximum atomic E-state index is 12.9. The Hall–Kier alpha value is -3.08. The molecule has 0 atom stereocenters. The van der Waals surface area contributed by atoms with Crippen molar-refractivity contribution in [3.8, 4) is 0 Å². The molecule has 7 nitrogen and oxygen atoms in total. The summed E-state index contributed by atoms with van der Waals surface area (Å²) in [5.74, 6) is -0.439. The summed E-state index contributed by atoms with van der Waals surface area (Å²) >= 11 is 0. The highest BCUT2D eigenvalue weighted by atomic mass is 32.2. The summed E-state index contributed by atoms with van der Waals surface area (Å²) in [6.07, 6.45) is -0.136. The fraction of sp³-hybridized carbons (Fsp3) is 0.500. The van der Waals surface area contributed by atoms with E-state index in [2.05, 4.69) is 9.71 Å². The number of sulfonamides is 1. The van der Waals surface area contributed by atoms with E-state index in [1.54, 1.807) is 18.2 Å².